The lowest BCUT2D eigenvalue weighted by Crippen LogP contribution is -2.25. The van der Waals surface area contributed by atoms with E-state index in [4.69, 9.17) is 14.9 Å². The standard InChI is InChI=1S/C4H11O6PS2/c5-1-3-12(9)13(10)4-2-11(6,7)8/h5H,1-4H2,(H2,6,7,8). The van der Waals surface area contributed by atoms with E-state index in [2.05, 4.69) is 0 Å². The van der Waals surface area contributed by atoms with Gasteiger partial charge in [0.2, 0.25) is 0 Å². The first kappa shape index (κ1) is 13.7. The van der Waals surface area contributed by atoms with E-state index in [0.29, 0.717) is 0 Å². The van der Waals surface area contributed by atoms with Crippen LogP contribution in [0.15, 0.2) is 0 Å². The molecular weight excluding hydrogens is 239 g/mol. The van der Waals surface area contributed by atoms with Crippen molar-refractivity contribution in [3.05, 3.63) is 0 Å². The highest BCUT2D eigenvalue weighted by molar-refractivity contribution is 8.67. The lowest BCUT2D eigenvalue weighted by molar-refractivity contribution is 0.320. The van der Waals surface area contributed by atoms with Crippen LogP contribution in [-0.4, -0.2) is 48.3 Å². The molecule has 0 saturated heterocycles. The molecular formula is C4H11O6PS2. The Labute approximate surface area is 81.3 Å². The Morgan fingerprint density at radius 2 is 1.62 bits per heavy atom. The van der Waals surface area contributed by atoms with Crippen LogP contribution < -0.4 is 0 Å². The third kappa shape index (κ3) is 7.77. The van der Waals surface area contributed by atoms with Crippen LogP contribution in [0, 0.1) is 0 Å². The van der Waals surface area contributed by atoms with Gasteiger partial charge in [0.05, 0.1) is 12.8 Å². The van der Waals surface area contributed by atoms with Crippen molar-refractivity contribution < 1.29 is 28.6 Å². The molecule has 0 amide bonds. The Hall–Kier alpha value is 0.730. The first-order valence-corrected chi connectivity index (χ1v) is 8.24. The van der Waals surface area contributed by atoms with Crippen molar-refractivity contribution in [3.8, 4) is 0 Å². The quantitative estimate of drug-likeness (QED) is 0.301. The van der Waals surface area contributed by atoms with E-state index in [1.54, 1.807) is 0 Å². The summed E-state index contributed by atoms with van der Waals surface area (Å²) in [6.07, 6.45) is -0.545. The minimum atomic E-state index is -4.17. The van der Waals surface area contributed by atoms with E-state index in [1.807, 2.05) is 0 Å². The van der Waals surface area contributed by atoms with Gasteiger partial charge in [-0.25, -0.2) is 0 Å². The number of aliphatic hydroxyl groups excluding tert-OH is 1. The van der Waals surface area contributed by atoms with Gasteiger partial charge in [-0.05, 0) is 0 Å². The van der Waals surface area contributed by atoms with Gasteiger partial charge in [-0.2, -0.15) is 0 Å². The Kier molecular flexibility index (Phi) is 6.61. The second-order valence-electron chi connectivity index (χ2n) is 2.13. The highest BCUT2D eigenvalue weighted by Crippen LogP contribution is 2.34. The molecule has 0 aromatic rings. The molecule has 6 nitrogen and oxygen atoms in total. The predicted molar refractivity (Wildman–Crippen MR) is 50.0 cm³/mol. The van der Waals surface area contributed by atoms with Crippen molar-refractivity contribution in [2.24, 2.45) is 0 Å². The average molecular weight is 250 g/mol. The maximum atomic E-state index is 10.9. The van der Waals surface area contributed by atoms with Gasteiger partial charge in [0.1, 0.15) is 0 Å². The fourth-order valence-corrected chi connectivity index (χ4v) is 4.53. The van der Waals surface area contributed by atoms with Gasteiger partial charge in [-0.1, -0.05) is 0 Å². The normalized spacial score (nSPS) is 17.0. The third-order valence-electron chi connectivity index (χ3n) is 1.01. The smallest absolute Gasteiger partial charge is 0.330 e. The van der Waals surface area contributed by atoms with Crippen LogP contribution >= 0.6 is 7.60 Å². The molecule has 13 heavy (non-hydrogen) atoms. The first-order valence-electron chi connectivity index (χ1n) is 3.29. The first-order chi connectivity index (χ1) is 5.87. The second-order valence-corrected chi connectivity index (χ2v) is 8.17. The topological polar surface area (TPSA) is 124 Å². The van der Waals surface area contributed by atoms with Crippen LogP contribution in [0.3, 0.4) is 0 Å². The van der Waals surface area contributed by atoms with Crippen LogP contribution in [0.4, 0.5) is 0 Å². The molecule has 2 atom stereocenters. The van der Waals surface area contributed by atoms with Crippen LogP contribution in [-0.2, 0) is 25.0 Å². The molecule has 0 bridgehead atoms. The van der Waals surface area contributed by atoms with Crippen molar-refractivity contribution in [2.45, 2.75) is 0 Å². The zero-order valence-electron chi connectivity index (χ0n) is 6.66. The fraction of sp³-hybridized carbons (Fsp3) is 1.00. The highest BCUT2D eigenvalue weighted by Gasteiger charge is 2.27. The fourth-order valence-electron chi connectivity index (χ4n) is 0.454. The Morgan fingerprint density at radius 1 is 1.15 bits per heavy atom. The van der Waals surface area contributed by atoms with E-state index in [0.717, 1.165) is 0 Å². The number of aliphatic hydroxyl groups is 1. The summed E-state index contributed by atoms with van der Waals surface area (Å²) < 4.78 is 32.1. The summed E-state index contributed by atoms with van der Waals surface area (Å²) in [5, 5.41) is 8.33. The lowest BCUT2D eigenvalue weighted by Gasteiger charge is -2.11. The number of hydrogen-bond acceptors (Lipinski definition) is 4. The van der Waals surface area contributed by atoms with Crippen molar-refractivity contribution in [1.82, 2.24) is 0 Å². The summed E-state index contributed by atoms with van der Waals surface area (Å²) in [6, 6.07) is 0. The second kappa shape index (κ2) is 6.26. The van der Waals surface area contributed by atoms with E-state index in [9.17, 15) is 13.7 Å². The number of hydrogen-bond donors (Lipinski definition) is 3. The summed E-state index contributed by atoms with van der Waals surface area (Å²) in [7, 11) is -7.68. The molecule has 0 aliphatic heterocycles. The third-order valence-corrected chi connectivity index (χ3v) is 5.84. The van der Waals surface area contributed by atoms with Crippen molar-refractivity contribution >= 4 is 28.0 Å². The van der Waals surface area contributed by atoms with Crippen LogP contribution in [0.25, 0.3) is 0 Å². The summed E-state index contributed by atoms with van der Waals surface area (Å²) in [5.74, 6) is -0.440. The van der Waals surface area contributed by atoms with Crippen LogP contribution in [0.2, 0.25) is 0 Å². The van der Waals surface area contributed by atoms with Crippen LogP contribution in [0.5, 0.6) is 0 Å². The number of rotatable bonds is 6. The van der Waals surface area contributed by atoms with Gasteiger partial charge in [-0.15, -0.1) is 0 Å². The highest BCUT2D eigenvalue weighted by atomic mass is 33.2. The minimum absolute atomic E-state index is 0.131. The maximum Gasteiger partial charge on any atom is 0.330 e. The summed E-state index contributed by atoms with van der Waals surface area (Å²) in [5.41, 5.74) is 0. The maximum absolute atomic E-state index is 10.9. The largest absolute Gasteiger partial charge is 0.571 e. The molecule has 0 rings (SSSR count). The molecule has 0 aliphatic carbocycles. The Balaban J connectivity index is 3.73. The van der Waals surface area contributed by atoms with E-state index < -0.39 is 34.2 Å². The predicted octanol–water partition coefficient (Wildman–Crippen LogP) is -1.43. The van der Waals surface area contributed by atoms with Gasteiger partial charge in [0, 0.05) is 0 Å². The molecule has 0 radical (unpaired) electrons. The molecule has 0 fully saturated rings. The molecule has 0 aromatic heterocycles. The summed E-state index contributed by atoms with van der Waals surface area (Å²) >= 11 is 0. The summed E-state index contributed by atoms with van der Waals surface area (Å²) in [6.45, 7) is -0.353. The Bertz CT molecular complexity index is 183. The SMILES string of the molecule is O=P(O)(O)CC[S+]([O-])[S+]([O-])CCO. The zero-order chi connectivity index (χ0) is 10.5. The van der Waals surface area contributed by atoms with Crippen molar-refractivity contribution in [2.75, 3.05) is 24.3 Å². The minimum Gasteiger partial charge on any atom is -0.571 e. The monoisotopic (exact) mass is 250 g/mol. The average Bonchev–Trinajstić information content (AvgIpc) is 1.99. The van der Waals surface area contributed by atoms with Gasteiger partial charge in [0.25, 0.3) is 0 Å². The summed E-state index contributed by atoms with van der Waals surface area (Å²) in [4.78, 5) is 16.8. The Morgan fingerprint density at radius 3 is 2.00 bits per heavy atom. The van der Waals surface area contributed by atoms with E-state index >= 15 is 0 Å². The van der Waals surface area contributed by atoms with E-state index in [1.165, 1.54) is 0 Å². The molecule has 3 N–H and O–H groups in total. The zero-order valence-corrected chi connectivity index (χ0v) is 9.19. The molecule has 0 saturated carbocycles. The van der Waals surface area contributed by atoms with Gasteiger partial charge in [0.15, 0.2) is 31.9 Å². The molecule has 9 heteroatoms. The van der Waals surface area contributed by atoms with Crippen molar-refractivity contribution in [1.29, 1.82) is 0 Å². The molecule has 0 aliphatic rings. The molecule has 0 heterocycles. The van der Waals surface area contributed by atoms with Gasteiger partial charge < -0.3 is 24.0 Å². The lowest BCUT2D eigenvalue weighted by atomic mass is 10.9. The van der Waals surface area contributed by atoms with Gasteiger partial charge in [-0.3, -0.25) is 4.57 Å². The molecule has 2 unspecified atom stereocenters. The van der Waals surface area contributed by atoms with Gasteiger partial charge >= 0.3 is 7.60 Å². The van der Waals surface area contributed by atoms with Crippen molar-refractivity contribution in [3.63, 3.8) is 0 Å². The van der Waals surface area contributed by atoms with E-state index in [-0.39, 0.29) is 18.1 Å². The molecule has 80 valence electrons. The molecule has 0 aromatic carbocycles. The van der Waals surface area contributed by atoms with Crippen LogP contribution in [0.1, 0.15) is 0 Å². The molecule has 0 spiro atoms.